The van der Waals surface area contributed by atoms with Crippen LogP contribution in [0.25, 0.3) is 0 Å². The number of hydrogen-bond acceptors (Lipinski definition) is 7. The average molecular weight is 399 g/mol. The summed E-state index contributed by atoms with van der Waals surface area (Å²) in [5.41, 5.74) is 0.574. The van der Waals surface area contributed by atoms with Crippen molar-refractivity contribution < 1.29 is 17.9 Å². The predicted molar refractivity (Wildman–Crippen MR) is 97.1 cm³/mol. The van der Waals surface area contributed by atoms with Crippen LogP contribution in [0, 0.1) is 0 Å². The van der Waals surface area contributed by atoms with Crippen molar-refractivity contribution in [3.05, 3.63) is 41.2 Å². The third kappa shape index (κ3) is 4.42. The first-order valence-corrected chi connectivity index (χ1v) is 9.83. The van der Waals surface area contributed by atoms with Crippen LogP contribution in [0.1, 0.15) is 5.69 Å². The lowest BCUT2D eigenvalue weighted by molar-refractivity contribution is 0.122. The minimum absolute atomic E-state index is 0.0475. The van der Waals surface area contributed by atoms with Gasteiger partial charge in [-0.2, -0.15) is 0 Å². The Morgan fingerprint density at radius 1 is 1.31 bits per heavy atom. The van der Waals surface area contributed by atoms with Gasteiger partial charge in [-0.3, -0.25) is 0 Å². The number of anilines is 1. The van der Waals surface area contributed by atoms with E-state index in [-0.39, 0.29) is 16.5 Å². The molecule has 1 aliphatic rings. The van der Waals surface area contributed by atoms with Gasteiger partial charge in [-0.1, -0.05) is 11.6 Å². The van der Waals surface area contributed by atoms with Crippen molar-refractivity contribution in [2.45, 2.75) is 11.4 Å². The summed E-state index contributed by atoms with van der Waals surface area (Å²) in [6.07, 6.45) is 1.62. The topological polar surface area (TPSA) is 93.7 Å². The first-order chi connectivity index (χ1) is 12.5. The van der Waals surface area contributed by atoms with Gasteiger partial charge in [-0.25, -0.2) is 23.1 Å². The van der Waals surface area contributed by atoms with Gasteiger partial charge in [-0.05, 0) is 24.3 Å². The lowest BCUT2D eigenvalue weighted by Gasteiger charge is -2.26. The fraction of sp³-hybridized carbons (Fsp3) is 0.375. The summed E-state index contributed by atoms with van der Waals surface area (Å²) in [6, 6.07) is 5.97. The molecule has 0 unspecified atom stereocenters. The fourth-order valence-electron chi connectivity index (χ4n) is 2.47. The zero-order chi connectivity index (χ0) is 18.6. The number of morpholine rings is 1. The highest BCUT2D eigenvalue weighted by molar-refractivity contribution is 7.89. The quantitative estimate of drug-likeness (QED) is 0.787. The third-order valence-electron chi connectivity index (χ3n) is 3.87. The molecule has 1 aliphatic heterocycles. The van der Waals surface area contributed by atoms with Crippen molar-refractivity contribution in [2.75, 3.05) is 38.3 Å². The SMILES string of the molecule is COc1ccc(S(=O)(=O)NCc2ccnc(N3CCOCC3)n2)cc1Cl. The second-order valence-corrected chi connectivity index (χ2v) is 7.74. The summed E-state index contributed by atoms with van der Waals surface area (Å²) in [5.74, 6) is 0.981. The number of halogens is 1. The van der Waals surface area contributed by atoms with Gasteiger partial charge in [0.1, 0.15) is 5.75 Å². The first kappa shape index (κ1) is 18.8. The highest BCUT2D eigenvalue weighted by Crippen LogP contribution is 2.26. The molecule has 0 amide bonds. The number of aromatic nitrogens is 2. The Bertz CT molecular complexity index is 872. The molecule has 1 aromatic heterocycles. The van der Waals surface area contributed by atoms with Crippen LogP contribution in [-0.2, 0) is 21.3 Å². The van der Waals surface area contributed by atoms with Crippen LogP contribution in [0.5, 0.6) is 5.75 Å². The van der Waals surface area contributed by atoms with Gasteiger partial charge < -0.3 is 14.4 Å². The largest absolute Gasteiger partial charge is 0.495 e. The number of methoxy groups -OCH3 is 1. The molecule has 0 atom stereocenters. The molecule has 140 valence electrons. The second kappa shape index (κ2) is 8.17. The maximum Gasteiger partial charge on any atom is 0.240 e. The smallest absolute Gasteiger partial charge is 0.240 e. The van der Waals surface area contributed by atoms with Crippen LogP contribution < -0.4 is 14.4 Å². The number of rotatable bonds is 6. The maximum atomic E-state index is 12.5. The number of hydrogen-bond donors (Lipinski definition) is 1. The second-order valence-electron chi connectivity index (χ2n) is 5.57. The molecular weight excluding hydrogens is 380 g/mol. The van der Waals surface area contributed by atoms with Crippen LogP contribution >= 0.6 is 11.6 Å². The van der Waals surface area contributed by atoms with E-state index in [1.54, 1.807) is 12.3 Å². The number of nitrogens with zero attached hydrogens (tertiary/aromatic N) is 3. The van der Waals surface area contributed by atoms with E-state index in [9.17, 15) is 8.42 Å². The minimum Gasteiger partial charge on any atom is -0.495 e. The lowest BCUT2D eigenvalue weighted by atomic mass is 10.3. The molecule has 1 aromatic carbocycles. The van der Waals surface area contributed by atoms with Gasteiger partial charge in [0, 0.05) is 19.3 Å². The summed E-state index contributed by atoms with van der Waals surface area (Å²) in [5, 5.41) is 0.229. The van der Waals surface area contributed by atoms with E-state index in [4.69, 9.17) is 21.1 Å². The molecule has 8 nitrogen and oxygen atoms in total. The molecule has 0 aliphatic carbocycles. The third-order valence-corrected chi connectivity index (χ3v) is 5.57. The van der Waals surface area contributed by atoms with Crippen molar-refractivity contribution in [2.24, 2.45) is 0 Å². The molecular formula is C16H19ClN4O4S. The molecule has 10 heteroatoms. The van der Waals surface area contributed by atoms with Crippen LogP contribution in [0.3, 0.4) is 0 Å². The fourth-order valence-corrected chi connectivity index (χ4v) is 3.81. The molecule has 0 spiro atoms. The van der Waals surface area contributed by atoms with E-state index >= 15 is 0 Å². The van der Waals surface area contributed by atoms with Gasteiger partial charge in [0.05, 0.1) is 42.5 Å². The van der Waals surface area contributed by atoms with Crippen molar-refractivity contribution in [3.63, 3.8) is 0 Å². The highest BCUT2D eigenvalue weighted by Gasteiger charge is 2.17. The van der Waals surface area contributed by atoms with Crippen molar-refractivity contribution in [1.29, 1.82) is 0 Å². The Morgan fingerprint density at radius 2 is 2.08 bits per heavy atom. The van der Waals surface area contributed by atoms with Gasteiger partial charge in [0.25, 0.3) is 0 Å². The average Bonchev–Trinajstić information content (AvgIpc) is 2.67. The normalized spacial score (nSPS) is 15.1. The molecule has 3 rings (SSSR count). The summed E-state index contributed by atoms with van der Waals surface area (Å²) < 4.78 is 37.8. The molecule has 0 radical (unpaired) electrons. The van der Waals surface area contributed by atoms with E-state index in [0.717, 1.165) is 0 Å². The molecule has 1 fully saturated rings. The number of nitrogens with one attached hydrogen (secondary N) is 1. The number of benzene rings is 1. The van der Waals surface area contributed by atoms with E-state index < -0.39 is 10.0 Å². The van der Waals surface area contributed by atoms with Crippen molar-refractivity contribution in [3.8, 4) is 5.75 Å². The van der Waals surface area contributed by atoms with Gasteiger partial charge in [-0.15, -0.1) is 0 Å². The van der Waals surface area contributed by atoms with E-state index in [0.29, 0.717) is 43.7 Å². The molecule has 2 aromatic rings. The molecule has 26 heavy (non-hydrogen) atoms. The van der Waals surface area contributed by atoms with E-state index in [2.05, 4.69) is 14.7 Å². The van der Waals surface area contributed by atoms with Crippen LogP contribution in [0.2, 0.25) is 5.02 Å². The van der Waals surface area contributed by atoms with Crippen molar-refractivity contribution in [1.82, 2.24) is 14.7 Å². The van der Waals surface area contributed by atoms with Gasteiger partial charge in [0.2, 0.25) is 16.0 Å². The Kier molecular flexibility index (Phi) is 5.92. The van der Waals surface area contributed by atoms with Gasteiger partial charge >= 0.3 is 0 Å². The van der Waals surface area contributed by atoms with Crippen LogP contribution in [0.15, 0.2) is 35.4 Å². The standard InChI is InChI=1S/C16H19ClN4O4S/c1-24-15-3-2-13(10-14(15)17)26(22,23)19-11-12-4-5-18-16(20-12)21-6-8-25-9-7-21/h2-5,10,19H,6-9,11H2,1H3. The molecule has 1 N–H and O–H groups in total. The highest BCUT2D eigenvalue weighted by atomic mass is 35.5. The first-order valence-electron chi connectivity index (χ1n) is 7.97. The Labute approximate surface area is 157 Å². The zero-order valence-electron chi connectivity index (χ0n) is 14.2. The van der Waals surface area contributed by atoms with Crippen LogP contribution in [-0.4, -0.2) is 51.8 Å². The lowest BCUT2D eigenvalue weighted by Crippen LogP contribution is -2.37. The summed E-state index contributed by atoms with van der Waals surface area (Å²) in [4.78, 5) is 10.7. The number of sulfonamides is 1. The monoisotopic (exact) mass is 398 g/mol. The zero-order valence-corrected chi connectivity index (χ0v) is 15.8. The molecule has 1 saturated heterocycles. The Balaban J connectivity index is 1.70. The van der Waals surface area contributed by atoms with Crippen molar-refractivity contribution >= 4 is 27.6 Å². The summed E-state index contributed by atoms with van der Waals surface area (Å²) in [6.45, 7) is 2.71. The number of ether oxygens (including phenoxy) is 2. The Hall–Kier alpha value is -1.94. The maximum absolute atomic E-state index is 12.5. The molecule has 0 saturated carbocycles. The Morgan fingerprint density at radius 3 is 2.77 bits per heavy atom. The summed E-state index contributed by atoms with van der Waals surface area (Å²) in [7, 11) is -2.26. The van der Waals surface area contributed by atoms with Gasteiger partial charge in [0.15, 0.2) is 0 Å². The van der Waals surface area contributed by atoms with Crippen LogP contribution in [0.4, 0.5) is 5.95 Å². The van der Waals surface area contributed by atoms with E-state index in [1.807, 2.05) is 4.90 Å². The van der Waals surface area contributed by atoms with E-state index in [1.165, 1.54) is 25.3 Å². The summed E-state index contributed by atoms with van der Waals surface area (Å²) >= 11 is 6.01. The minimum atomic E-state index is -3.73. The molecule has 2 heterocycles. The molecule has 0 bridgehead atoms. The predicted octanol–water partition coefficient (Wildman–Crippen LogP) is 1.45.